The molecule has 0 aliphatic carbocycles. The van der Waals surface area contributed by atoms with E-state index in [1.165, 1.54) is 0 Å². The predicted octanol–water partition coefficient (Wildman–Crippen LogP) is 1.37. The molecular formula is C13H14N4O. The number of nitrogens with one attached hydrogen (secondary N) is 1. The van der Waals surface area contributed by atoms with Crippen LogP contribution >= 0.6 is 0 Å². The highest BCUT2D eigenvalue weighted by atomic mass is 16.1. The Balaban J connectivity index is 2.18. The molecule has 5 N–H and O–H groups in total. The molecule has 0 unspecified atom stereocenters. The van der Waals surface area contributed by atoms with Crippen LogP contribution < -0.4 is 16.8 Å². The monoisotopic (exact) mass is 242 g/mol. The van der Waals surface area contributed by atoms with Crippen LogP contribution in [-0.2, 0) is 6.54 Å². The number of carbonyl (C=O) groups is 1. The van der Waals surface area contributed by atoms with Crippen LogP contribution in [-0.4, -0.2) is 10.9 Å². The number of nitrogen functional groups attached to an aromatic ring is 1. The van der Waals surface area contributed by atoms with E-state index in [4.69, 9.17) is 11.5 Å². The molecule has 5 heteroatoms. The summed E-state index contributed by atoms with van der Waals surface area (Å²) in [5.41, 5.74) is 13.5. The van der Waals surface area contributed by atoms with Crippen molar-refractivity contribution in [3.8, 4) is 0 Å². The Bertz CT molecular complexity index is 554. The van der Waals surface area contributed by atoms with Crippen LogP contribution in [0.2, 0.25) is 0 Å². The molecule has 0 saturated carbocycles. The SMILES string of the molecule is NC(=O)c1ccc(N)cc1NCc1ccccn1. The summed E-state index contributed by atoms with van der Waals surface area (Å²) in [5.74, 6) is -0.487. The van der Waals surface area contributed by atoms with Crippen molar-refractivity contribution in [2.45, 2.75) is 6.54 Å². The molecule has 1 aromatic heterocycles. The Kier molecular flexibility index (Phi) is 3.43. The van der Waals surface area contributed by atoms with E-state index in [0.717, 1.165) is 5.69 Å². The van der Waals surface area contributed by atoms with Crippen molar-refractivity contribution in [2.75, 3.05) is 11.1 Å². The Morgan fingerprint density at radius 1 is 1.28 bits per heavy atom. The molecular weight excluding hydrogens is 228 g/mol. The summed E-state index contributed by atoms with van der Waals surface area (Å²) < 4.78 is 0. The van der Waals surface area contributed by atoms with Gasteiger partial charge in [0.15, 0.2) is 0 Å². The van der Waals surface area contributed by atoms with Gasteiger partial charge in [-0.1, -0.05) is 6.07 Å². The average Bonchev–Trinajstić information content (AvgIpc) is 2.37. The molecule has 0 saturated heterocycles. The van der Waals surface area contributed by atoms with E-state index < -0.39 is 5.91 Å². The Hall–Kier alpha value is -2.56. The van der Waals surface area contributed by atoms with E-state index >= 15 is 0 Å². The zero-order chi connectivity index (χ0) is 13.0. The molecule has 0 aliphatic rings. The second kappa shape index (κ2) is 5.18. The summed E-state index contributed by atoms with van der Waals surface area (Å²) in [6, 6.07) is 10.6. The third-order valence-corrected chi connectivity index (χ3v) is 2.50. The molecule has 0 fully saturated rings. The molecule has 2 aromatic rings. The number of carbonyl (C=O) groups excluding carboxylic acids is 1. The maximum Gasteiger partial charge on any atom is 0.250 e. The summed E-state index contributed by atoms with van der Waals surface area (Å²) >= 11 is 0. The molecule has 1 amide bonds. The molecule has 0 spiro atoms. The lowest BCUT2D eigenvalue weighted by atomic mass is 10.1. The first-order chi connectivity index (χ1) is 8.66. The molecule has 0 bridgehead atoms. The summed E-state index contributed by atoms with van der Waals surface area (Å²) in [6.07, 6.45) is 1.71. The number of anilines is 2. The van der Waals surface area contributed by atoms with Gasteiger partial charge in [0.1, 0.15) is 0 Å². The van der Waals surface area contributed by atoms with Gasteiger partial charge in [-0.15, -0.1) is 0 Å². The van der Waals surface area contributed by atoms with Crippen LogP contribution in [0.25, 0.3) is 0 Å². The first kappa shape index (κ1) is 11.9. The molecule has 0 aliphatic heterocycles. The van der Waals surface area contributed by atoms with E-state index in [2.05, 4.69) is 10.3 Å². The fourth-order valence-corrected chi connectivity index (χ4v) is 1.61. The number of hydrogen-bond acceptors (Lipinski definition) is 4. The first-order valence-electron chi connectivity index (χ1n) is 5.50. The molecule has 1 heterocycles. The first-order valence-corrected chi connectivity index (χ1v) is 5.50. The van der Waals surface area contributed by atoms with E-state index in [-0.39, 0.29) is 0 Å². The third-order valence-electron chi connectivity index (χ3n) is 2.50. The number of amides is 1. The van der Waals surface area contributed by atoms with Gasteiger partial charge in [0, 0.05) is 17.6 Å². The Labute approximate surface area is 105 Å². The molecule has 2 rings (SSSR count). The smallest absolute Gasteiger partial charge is 0.250 e. The lowest BCUT2D eigenvalue weighted by Gasteiger charge is -2.10. The number of nitrogens with two attached hydrogens (primary N) is 2. The van der Waals surface area contributed by atoms with Crippen molar-refractivity contribution in [3.05, 3.63) is 53.9 Å². The lowest BCUT2D eigenvalue weighted by molar-refractivity contribution is 0.100. The topological polar surface area (TPSA) is 94.0 Å². The van der Waals surface area contributed by atoms with Crippen LogP contribution in [0, 0.1) is 0 Å². The van der Waals surface area contributed by atoms with Crippen molar-refractivity contribution in [2.24, 2.45) is 5.73 Å². The van der Waals surface area contributed by atoms with Gasteiger partial charge in [-0.2, -0.15) is 0 Å². The average molecular weight is 242 g/mol. The van der Waals surface area contributed by atoms with Crippen molar-refractivity contribution in [1.82, 2.24) is 4.98 Å². The number of primary amides is 1. The van der Waals surface area contributed by atoms with E-state index in [1.54, 1.807) is 24.4 Å². The van der Waals surface area contributed by atoms with E-state index in [9.17, 15) is 4.79 Å². The van der Waals surface area contributed by atoms with Crippen molar-refractivity contribution in [3.63, 3.8) is 0 Å². The number of pyridine rings is 1. The Morgan fingerprint density at radius 3 is 2.78 bits per heavy atom. The van der Waals surface area contributed by atoms with Gasteiger partial charge >= 0.3 is 0 Å². The highest BCUT2D eigenvalue weighted by Crippen LogP contribution is 2.19. The predicted molar refractivity (Wildman–Crippen MR) is 70.9 cm³/mol. The molecule has 92 valence electrons. The minimum atomic E-state index is -0.487. The fourth-order valence-electron chi connectivity index (χ4n) is 1.61. The summed E-state index contributed by atoms with van der Waals surface area (Å²) in [6.45, 7) is 0.505. The van der Waals surface area contributed by atoms with Gasteiger partial charge in [0.2, 0.25) is 0 Å². The number of hydrogen-bond donors (Lipinski definition) is 3. The second-order valence-electron chi connectivity index (χ2n) is 3.84. The fraction of sp³-hybridized carbons (Fsp3) is 0.0769. The minimum Gasteiger partial charge on any atom is -0.399 e. The van der Waals surface area contributed by atoms with Gasteiger partial charge in [0.25, 0.3) is 5.91 Å². The van der Waals surface area contributed by atoms with Gasteiger partial charge in [-0.05, 0) is 30.3 Å². The van der Waals surface area contributed by atoms with Crippen LogP contribution in [0.3, 0.4) is 0 Å². The summed E-state index contributed by atoms with van der Waals surface area (Å²) in [4.78, 5) is 15.5. The number of rotatable bonds is 4. The standard InChI is InChI=1S/C13H14N4O/c14-9-4-5-11(13(15)18)12(7-9)17-8-10-3-1-2-6-16-10/h1-7,17H,8,14H2,(H2,15,18). The maximum absolute atomic E-state index is 11.3. The summed E-state index contributed by atoms with van der Waals surface area (Å²) in [5, 5.41) is 3.11. The van der Waals surface area contributed by atoms with Crippen molar-refractivity contribution < 1.29 is 4.79 Å². The van der Waals surface area contributed by atoms with E-state index in [1.807, 2.05) is 18.2 Å². The van der Waals surface area contributed by atoms with Gasteiger partial charge < -0.3 is 16.8 Å². The molecule has 0 atom stereocenters. The minimum absolute atomic E-state index is 0.417. The van der Waals surface area contributed by atoms with Crippen LogP contribution in [0.5, 0.6) is 0 Å². The maximum atomic E-state index is 11.3. The molecule has 18 heavy (non-hydrogen) atoms. The second-order valence-corrected chi connectivity index (χ2v) is 3.84. The normalized spacial score (nSPS) is 10.0. The third kappa shape index (κ3) is 2.76. The molecule has 0 radical (unpaired) electrons. The largest absolute Gasteiger partial charge is 0.399 e. The van der Waals surface area contributed by atoms with Gasteiger partial charge in [-0.3, -0.25) is 9.78 Å². The van der Waals surface area contributed by atoms with E-state index in [0.29, 0.717) is 23.5 Å². The summed E-state index contributed by atoms with van der Waals surface area (Å²) in [7, 11) is 0. The quantitative estimate of drug-likeness (QED) is 0.706. The van der Waals surface area contributed by atoms with Crippen molar-refractivity contribution in [1.29, 1.82) is 0 Å². The molecule has 5 nitrogen and oxygen atoms in total. The highest BCUT2D eigenvalue weighted by molar-refractivity contribution is 5.99. The zero-order valence-electron chi connectivity index (χ0n) is 9.76. The van der Waals surface area contributed by atoms with Gasteiger partial charge in [0.05, 0.1) is 17.8 Å². The number of aromatic nitrogens is 1. The van der Waals surface area contributed by atoms with Crippen molar-refractivity contribution >= 4 is 17.3 Å². The van der Waals surface area contributed by atoms with Crippen LogP contribution in [0.4, 0.5) is 11.4 Å². The Morgan fingerprint density at radius 2 is 2.11 bits per heavy atom. The zero-order valence-corrected chi connectivity index (χ0v) is 9.76. The van der Waals surface area contributed by atoms with Gasteiger partial charge in [-0.25, -0.2) is 0 Å². The number of nitrogens with zero attached hydrogens (tertiary/aromatic N) is 1. The van der Waals surface area contributed by atoms with Crippen LogP contribution in [0.15, 0.2) is 42.6 Å². The number of benzene rings is 1. The lowest BCUT2D eigenvalue weighted by Crippen LogP contribution is -2.14. The van der Waals surface area contributed by atoms with Crippen LogP contribution in [0.1, 0.15) is 16.1 Å². The molecule has 1 aromatic carbocycles. The highest BCUT2D eigenvalue weighted by Gasteiger charge is 2.08.